The second-order valence-electron chi connectivity index (χ2n) is 7.35. The standard InChI is InChI=1S/C17H27ClN4O4S.ClH/c1-14(23)19-17-6-5-15(13-16(17)18)21(24)27(25,26)12-4-9-22(3)10-7-20(2)8-11-22;/h5-6,13,24H,4,7-12H2,1-3H3;1H. The summed E-state index contributed by atoms with van der Waals surface area (Å²) in [5.74, 6) is -0.447. The van der Waals surface area contributed by atoms with Crippen LogP contribution in [0.4, 0.5) is 11.4 Å². The lowest BCUT2D eigenvalue weighted by molar-refractivity contribution is -0.913. The molecule has 160 valence electrons. The molecule has 0 aromatic heterocycles. The Morgan fingerprint density at radius 2 is 1.96 bits per heavy atom. The SMILES string of the molecule is CC(=O)Nc1ccc(N(O)S(=O)(=O)CCC[N+]2(C)CCN(C)CC2)cc1Cl.[Cl-]. The number of nitrogens with zero attached hydrogens (tertiary/aromatic N) is 3. The maximum Gasteiger partial charge on any atom is 0.257 e. The van der Waals surface area contributed by atoms with E-state index in [1.165, 1.54) is 25.1 Å². The predicted molar refractivity (Wildman–Crippen MR) is 107 cm³/mol. The van der Waals surface area contributed by atoms with Gasteiger partial charge in [0.25, 0.3) is 10.0 Å². The molecule has 0 unspecified atom stereocenters. The fourth-order valence-corrected chi connectivity index (χ4v) is 4.38. The van der Waals surface area contributed by atoms with E-state index in [2.05, 4.69) is 24.3 Å². The quantitative estimate of drug-likeness (QED) is 0.391. The van der Waals surface area contributed by atoms with Crippen molar-refractivity contribution in [2.45, 2.75) is 13.3 Å². The van der Waals surface area contributed by atoms with Gasteiger partial charge in [0, 0.05) is 26.4 Å². The van der Waals surface area contributed by atoms with Crippen LogP contribution in [0.2, 0.25) is 5.02 Å². The molecule has 28 heavy (non-hydrogen) atoms. The van der Waals surface area contributed by atoms with E-state index in [-0.39, 0.29) is 39.2 Å². The number of sulfonamides is 1. The molecule has 1 amide bonds. The molecule has 2 rings (SSSR count). The summed E-state index contributed by atoms with van der Waals surface area (Å²) < 4.78 is 26.0. The summed E-state index contributed by atoms with van der Waals surface area (Å²) in [6, 6.07) is 4.15. The van der Waals surface area contributed by atoms with Crippen LogP contribution in [-0.2, 0) is 14.8 Å². The molecule has 1 aliphatic rings. The van der Waals surface area contributed by atoms with Crippen LogP contribution < -0.4 is 22.2 Å². The number of amides is 1. The molecule has 8 nitrogen and oxygen atoms in total. The van der Waals surface area contributed by atoms with Crippen molar-refractivity contribution in [2.24, 2.45) is 0 Å². The molecular formula is C17H28Cl2N4O4S. The Kier molecular flexibility index (Phi) is 8.98. The number of halogens is 2. The second kappa shape index (κ2) is 10.1. The number of piperazine rings is 1. The van der Waals surface area contributed by atoms with Crippen LogP contribution in [0.1, 0.15) is 13.3 Å². The highest BCUT2D eigenvalue weighted by molar-refractivity contribution is 7.92. The fourth-order valence-electron chi connectivity index (χ4n) is 3.06. The molecule has 1 aromatic rings. The Labute approximate surface area is 178 Å². The molecule has 0 aliphatic carbocycles. The third kappa shape index (κ3) is 6.75. The van der Waals surface area contributed by atoms with Crippen molar-refractivity contribution in [3.8, 4) is 0 Å². The highest BCUT2D eigenvalue weighted by Gasteiger charge is 2.28. The lowest BCUT2D eigenvalue weighted by Crippen LogP contribution is -3.00. The van der Waals surface area contributed by atoms with E-state index in [1.807, 2.05) is 0 Å². The van der Waals surface area contributed by atoms with Crippen LogP contribution in [0, 0.1) is 0 Å². The number of rotatable bonds is 7. The van der Waals surface area contributed by atoms with Crippen molar-refractivity contribution in [1.29, 1.82) is 0 Å². The minimum absolute atomic E-state index is 0. The summed E-state index contributed by atoms with van der Waals surface area (Å²) >= 11 is 6.05. The van der Waals surface area contributed by atoms with Gasteiger partial charge in [0.1, 0.15) is 0 Å². The number of hydrogen-bond acceptors (Lipinski definition) is 5. The number of anilines is 2. The molecule has 1 saturated heterocycles. The number of nitrogens with one attached hydrogen (secondary N) is 1. The zero-order valence-corrected chi connectivity index (χ0v) is 18.7. The van der Waals surface area contributed by atoms with Gasteiger partial charge in [0.15, 0.2) is 0 Å². The molecule has 1 aliphatic heterocycles. The molecule has 11 heteroatoms. The molecule has 2 N–H and O–H groups in total. The van der Waals surface area contributed by atoms with Gasteiger partial charge < -0.3 is 22.2 Å². The topological polar surface area (TPSA) is 90.0 Å². The van der Waals surface area contributed by atoms with Crippen LogP contribution >= 0.6 is 11.6 Å². The molecule has 1 heterocycles. The van der Waals surface area contributed by atoms with E-state index in [9.17, 15) is 18.4 Å². The number of benzene rings is 1. The molecular weight excluding hydrogens is 427 g/mol. The average molecular weight is 455 g/mol. The minimum Gasteiger partial charge on any atom is -1.00 e. The first-order valence-electron chi connectivity index (χ1n) is 8.83. The molecule has 1 fully saturated rings. The molecule has 0 bridgehead atoms. The van der Waals surface area contributed by atoms with Crippen molar-refractivity contribution >= 4 is 38.9 Å². The van der Waals surface area contributed by atoms with Crippen LogP contribution in [0.3, 0.4) is 0 Å². The summed E-state index contributed by atoms with van der Waals surface area (Å²) in [7, 11) is 0.337. The summed E-state index contributed by atoms with van der Waals surface area (Å²) in [5, 5.41) is 12.8. The molecule has 1 aromatic carbocycles. The van der Waals surface area contributed by atoms with Gasteiger partial charge in [-0.25, -0.2) is 8.42 Å². The van der Waals surface area contributed by atoms with Crippen molar-refractivity contribution < 1.29 is 35.3 Å². The smallest absolute Gasteiger partial charge is 0.257 e. The van der Waals surface area contributed by atoms with Crippen molar-refractivity contribution in [2.75, 3.05) is 62.4 Å². The van der Waals surface area contributed by atoms with Gasteiger partial charge in [0.2, 0.25) is 5.91 Å². The van der Waals surface area contributed by atoms with Gasteiger partial charge in [-0.3, -0.25) is 14.9 Å². The van der Waals surface area contributed by atoms with E-state index in [0.717, 1.165) is 37.2 Å². The van der Waals surface area contributed by atoms with Gasteiger partial charge in [-0.2, -0.15) is 0 Å². The second-order valence-corrected chi connectivity index (χ2v) is 9.68. The minimum atomic E-state index is -3.88. The number of carbonyl (C=O) groups excluding carboxylic acids is 1. The van der Waals surface area contributed by atoms with Gasteiger partial charge in [-0.05, 0) is 25.2 Å². The molecule has 0 radical (unpaired) electrons. The van der Waals surface area contributed by atoms with Crippen molar-refractivity contribution in [3.05, 3.63) is 23.2 Å². The first-order valence-corrected chi connectivity index (χ1v) is 10.8. The Morgan fingerprint density at radius 1 is 1.36 bits per heavy atom. The lowest BCUT2D eigenvalue weighted by atomic mass is 10.2. The zero-order chi connectivity index (χ0) is 20.2. The summed E-state index contributed by atoms with van der Waals surface area (Å²) in [6.07, 6.45) is 0.456. The van der Waals surface area contributed by atoms with Crippen molar-refractivity contribution in [1.82, 2.24) is 4.90 Å². The maximum atomic E-state index is 12.5. The predicted octanol–water partition coefficient (Wildman–Crippen LogP) is -1.39. The van der Waals surface area contributed by atoms with Gasteiger partial charge >= 0.3 is 0 Å². The van der Waals surface area contributed by atoms with E-state index in [4.69, 9.17) is 11.6 Å². The Hall–Kier alpha value is -1.10. The Bertz CT molecular complexity index is 783. The third-order valence-electron chi connectivity index (χ3n) is 4.89. The summed E-state index contributed by atoms with van der Waals surface area (Å²) in [4.78, 5) is 13.4. The summed E-state index contributed by atoms with van der Waals surface area (Å²) in [6.45, 7) is 6.04. The molecule has 0 spiro atoms. The van der Waals surface area contributed by atoms with Gasteiger partial charge in [0.05, 0.1) is 48.8 Å². The zero-order valence-electron chi connectivity index (χ0n) is 16.4. The normalized spacial score (nSPS) is 16.9. The van der Waals surface area contributed by atoms with Crippen LogP contribution in [-0.4, -0.2) is 81.5 Å². The van der Waals surface area contributed by atoms with Gasteiger partial charge in [-0.1, -0.05) is 11.6 Å². The van der Waals surface area contributed by atoms with E-state index < -0.39 is 10.0 Å². The molecule has 0 saturated carbocycles. The van der Waals surface area contributed by atoms with E-state index in [1.54, 1.807) is 0 Å². The van der Waals surface area contributed by atoms with Crippen LogP contribution in [0.5, 0.6) is 0 Å². The number of quaternary nitrogens is 1. The van der Waals surface area contributed by atoms with Crippen molar-refractivity contribution in [3.63, 3.8) is 0 Å². The highest BCUT2D eigenvalue weighted by atomic mass is 35.5. The van der Waals surface area contributed by atoms with Crippen LogP contribution in [0.15, 0.2) is 18.2 Å². The Balaban J connectivity index is 0.00000392. The van der Waals surface area contributed by atoms with E-state index in [0.29, 0.717) is 12.1 Å². The van der Waals surface area contributed by atoms with E-state index >= 15 is 0 Å². The van der Waals surface area contributed by atoms with Gasteiger partial charge in [-0.15, -0.1) is 4.47 Å². The maximum absolute atomic E-state index is 12.5. The largest absolute Gasteiger partial charge is 1.00 e. The van der Waals surface area contributed by atoms with Crippen LogP contribution in [0.25, 0.3) is 0 Å². The highest BCUT2D eigenvalue weighted by Crippen LogP contribution is 2.28. The number of carbonyl (C=O) groups is 1. The lowest BCUT2D eigenvalue weighted by Gasteiger charge is -2.41. The molecule has 0 atom stereocenters. The summed E-state index contributed by atoms with van der Waals surface area (Å²) in [5.41, 5.74) is 0.389. The first kappa shape index (κ1) is 24.9. The average Bonchev–Trinajstić information content (AvgIpc) is 2.58. The Morgan fingerprint density at radius 3 is 2.50 bits per heavy atom. The number of hydrogen-bond donors (Lipinski definition) is 2. The monoisotopic (exact) mass is 454 g/mol. The first-order chi connectivity index (χ1) is 12.5. The fraction of sp³-hybridized carbons (Fsp3) is 0.588. The third-order valence-corrected chi connectivity index (χ3v) is 6.75. The number of likely N-dealkylation sites (N-methyl/N-ethyl adjacent to an activating group) is 2.